The highest BCUT2D eigenvalue weighted by Gasteiger charge is 2.21. The van der Waals surface area contributed by atoms with Crippen LogP contribution in [0.15, 0.2) is 59.0 Å². The fourth-order valence-corrected chi connectivity index (χ4v) is 2.28. The van der Waals surface area contributed by atoms with E-state index in [4.69, 9.17) is 9.84 Å². The van der Waals surface area contributed by atoms with Crippen LogP contribution >= 0.6 is 11.3 Å². The number of allylic oxidation sites excluding steroid dienone is 1. The topological polar surface area (TPSA) is 70.0 Å². The summed E-state index contributed by atoms with van der Waals surface area (Å²) in [5, 5.41) is 20.5. The third kappa shape index (κ3) is 4.71. The van der Waals surface area contributed by atoms with Gasteiger partial charge < -0.3 is 19.8 Å². The lowest BCUT2D eigenvalue weighted by Gasteiger charge is -2.22. The molecule has 0 bridgehead atoms. The van der Waals surface area contributed by atoms with Gasteiger partial charge in [-0.25, -0.2) is 4.79 Å². The molecule has 0 aliphatic carbocycles. The van der Waals surface area contributed by atoms with Crippen LogP contribution in [0.4, 0.5) is 5.69 Å². The van der Waals surface area contributed by atoms with Crippen molar-refractivity contribution in [2.75, 3.05) is 12.0 Å². The summed E-state index contributed by atoms with van der Waals surface area (Å²) in [6, 6.07) is 1.66. The van der Waals surface area contributed by atoms with Gasteiger partial charge in [0, 0.05) is 6.08 Å². The van der Waals surface area contributed by atoms with Crippen molar-refractivity contribution in [2.24, 2.45) is 0 Å². The molecule has 0 aromatic carbocycles. The Morgan fingerprint density at radius 2 is 2.18 bits per heavy atom. The Balaban J connectivity index is 3.33. The van der Waals surface area contributed by atoms with E-state index in [0.717, 1.165) is 0 Å². The summed E-state index contributed by atoms with van der Waals surface area (Å²) in [6.07, 6.45) is 3.92. The highest BCUT2D eigenvalue weighted by Crippen LogP contribution is 2.28. The average molecular weight is 317 g/mol. The highest BCUT2D eigenvalue weighted by molar-refractivity contribution is 7.12. The van der Waals surface area contributed by atoms with E-state index >= 15 is 0 Å². The number of carbonyl (C=O) groups excluding carboxylic acids is 1. The molecule has 0 fully saturated rings. The summed E-state index contributed by atoms with van der Waals surface area (Å²) < 4.78 is 4.71. The second kappa shape index (κ2) is 9.30. The molecule has 1 atom stereocenters. The van der Waals surface area contributed by atoms with Crippen LogP contribution in [0, 0.1) is 0 Å². The first-order valence-corrected chi connectivity index (χ1v) is 7.08. The SMILES string of the molecule is CC=C=C=C[C@@H](O)N(C=C=C=CO)c1ccsc1C(=O)OC. The first-order chi connectivity index (χ1) is 10.7. The number of ether oxygens (including phenoxy) is 1. The second-order valence-corrected chi connectivity index (χ2v) is 4.65. The molecule has 1 heterocycles. The van der Waals surface area contributed by atoms with Gasteiger partial charge in [-0.15, -0.1) is 11.3 Å². The highest BCUT2D eigenvalue weighted by atomic mass is 32.1. The normalized spacial score (nSPS) is 9.95. The largest absolute Gasteiger partial charge is 0.507 e. The molecule has 114 valence electrons. The van der Waals surface area contributed by atoms with Gasteiger partial charge in [0.2, 0.25) is 0 Å². The number of hydrogen-bond donors (Lipinski definition) is 2. The van der Waals surface area contributed by atoms with Crippen molar-refractivity contribution in [1.82, 2.24) is 0 Å². The molecule has 5 nitrogen and oxygen atoms in total. The lowest BCUT2D eigenvalue weighted by atomic mass is 10.3. The van der Waals surface area contributed by atoms with Crippen molar-refractivity contribution in [3.63, 3.8) is 0 Å². The zero-order valence-corrected chi connectivity index (χ0v) is 12.9. The van der Waals surface area contributed by atoms with Crippen molar-refractivity contribution in [3.8, 4) is 0 Å². The summed E-state index contributed by atoms with van der Waals surface area (Å²) in [5.74, 6) is -0.509. The van der Waals surface area contributed by atoms with E-state index < -0.39 is 12.2 Å². The maximum atomic E-state index is 11.8. The van der Waals surface area contributed by atoms with Gasteiger partial charge in [0.1, 0.15) is 11.1 Å². The van der Waals surface area contributed by atoms with Gasteiger partial charge in [-0.3, -0.25) is 0 Å². The molecule has 1 aromatic heterocycles. The van der Waals surface area contributed by atoms with Crippen LogP contribution in [0.2, 0.25) is 0 Å². The molecule has 22 heavy (non-hydrogen) atoms. The third-order valence-electron chi connectivity index (χ3n) is 2.39. The molecule has 1 rings (SSSR count). The van der Waals surface area contributed by atoms with Crippen molar-refractivity contribution < 1.29 is 19.7 Å². The predicted octanol–water partition coefficient (Wildman–Crippen LogP) is 2.89. The Morgan fingerprint density at radius 3 is 2.82 bits per heavy atom. The summed E-state index contributed by atoms with van der Waals surface area (Å²) >= 11 is 1.19. The Kier molecular flexibility index (Phi) is 7.35. The Labute approximate surface area is 132 Å². The first kappa shape index (κ1) is 17.4. The summed E-state index contributed by atoms with van der Waals surface area (Å²) in [5.41, 5.74) is 10.7. The molecule has 2 N–H and O–H groups in total. The van der Waals surface area contributed by atoms with Crippen LogP contribution in [0.1, 0.15) is 16.6 Å². The van der Waals surface area contributed by atoms with Crippen LogP contribution in [0.3, 0.4) is 0 Å². The molecular weight excluding hydrogens is 302 g/mol. The van der Waals surface area contributed by atoms with Crippen LogP contribution in [0.25, 0.3) is 0 Å². The third-order valence-corrected chi connectivity index (χ3v) is 3.27. The Bertz CT molecular complexity index is 708. The maximum Gasteiger partial charge on any atom is 0.350 e. The minimum Gasteiger partial charge on any atom is -0.507 e. The zero-order chi connectivity index (χ0) is 16.4. The van der Waals surface area contributed by atoms with Gasteiger partial charge in [0.15, 0.2) is 6.23 Å². The minimum atomic E-state index is -1.11. The number of anilines is 1. The van der Waals surface area contributed by atoms with E-state index in [1.54, 1.807) is 24.4 Å². The van der Waals surface area contributed by atoms with Crippen LogP contribution in [-0.2, 0) is 4.74 Å². The number of aliphatic hydroxyl groups is 2. The first-order valence-electron chi connectivity index (χ1n) is 6.20. The zero-order valence-electron chi connectivity index (χ0n) is 12.1. The van der Waals surface area contributed by atoms with Gasteiger partial charge >= 0.3 is 5.97 Å². The summed E-state index contributed by atoms with van der Waals surface area (Å²) in [4.78, 5) is 13.4. The Hall–Kier alpha value is -2.67. The molecule has 0 amide bonds. The van der Waals surface area contributed by atoms with Crippen LogP contribution in [0.5, 0.6) is 0 Å². The molecule has 0 radical (unpaired) electrons. The van der Waals surface area contributed by atoms with Crippen molar-refractivity contribution in [2.45, 2.75) is 13.2 Å². The van der Waals surface area contributed by atoms with Gasteiger partial charge in [-0.1, -0.05) is 11.5 Å². The minimum absolute atomic E-state index is 0.330. The van der Waals surface area contributed by atoms with Crippen molar-refractivity contribution in [3.05, 3.63) is 63.9 Å². The van der Waals surface area contributed by atoms with E-state index in [1.165, 1.54) is 35.6 Å². The van der Waals surface area contributed by atoms with E-state index in [0.29, 0.717) is 16.8 Å². The van der Waals surface area contributed by atoms with Gasteiger partial charge in [0.25, 0.3) is 0 Å². The molecule has 0 unspecified atom stereocenters. The molecule has 0 aliphatic heterocycles. The van der Waals surface area contributed by atoms with Gasteiger partial charge in [0.05, 0.1) is 19.0 Å². The number of carbonyl (C=O) groups is 1. The number of aliphatic hydroxyl groups excluding tert-OH is 2. The van der Waals surface area contributed by atoms with Gasteiger partial charge in [-0.05, 0) is 35.9 Å². The standard InChI is InChI=1S/C16H15NO4S/c1-3-4-5-8-14(19)17(10-6-7-11-18)13-9-12-22-15(13)16(20)21-2/h3,8-12,14,18-19H,1-2H3/t14-/m1/s1. The number of nitrogens with zero attached hydrogens (tertiary/aromatic N) is 1. The molecule has 6 heteroatoms. The molecule has 0 aliphatic rings. The Morgan fingerprint density at radius 1 is 1.41 bits per heavy atom. The number of hydrogen-bond acceptors (Lipinski definition) is 6. The second-order valence-electron chi connectivity index (χ2n) is 3.74. The van der Waals surface area contributed by atoms with E-state index in [9.17, 15) is 9.90 Å². The molecular formula is C16H15NO4S. The van der Waals surface area contributed by atoms with Gasteiger partial charge in [-0.2, -0.15) is 0 Å². The fraction of sp³-hybridized carbons (Fsp3) is 0.188. The average Bonchev–Trinajstić information content (AvgIpc) is 3.00. The summed E-state index contributed by atoms with van der Waals surface area (Å²) in [6.45, 7) is 1.77. The maximum absolute atomic E-state index is 11.8. The van der Waals surface area contributed by atoms with E-state index in [2.05, 4.69) is 22.9 Å². The monoisotopic (exact) mass is 317 g/mol. The molecule has 1 aromatic rings. The number of methoxy groups -OCH3 is 1. The quantitative estimate of drug-likeness (QED) is 0.378. The molecule has 0 saturated heterocycles. The van der Waals surface area contributed by atoms with E-state index in [1.807, 2.05) is 0 Å². The number of esters is 1. The smallest absolute Gasteiger partial charge is 0.350 e. The van der Waals surface area contributed by atoms with E-state index in [-0.39, 0.29) is 0 Å². The molecule has 0 saturated carbocycles. The summed E-state index contributed by atoms with van der Waals surface area (Å²) in [7, 11) is 1.28. The van der Waals surface area contributed by atoms with Crippen molar-refractivity contribution >= 4 is 23.0 Å². The fourth-order valence-electron chi connectivity index (χ4n) is 1.47. The number of rotatable bonds is 5. The van der Waals surface area contributed by atoms with Crippen LogP contribution < -0.4 is 4.90 Å². The predicted molar refractivity (Wildman–Crippen MR) is 84.8 cm³/mol. The van der Waals surface area contributed by atoms with Crippen molar-refractivity contribution in [1.29, 1.82) is 0 Å². The number of thiophene rings is 1. The van der Waals surface area contributed by atoms with Crippen LogP contribution in [-0.4, -0.2) is 29.5 Å². The molecule has 0 spiro atoms. The lowest BCUT2D eigenvalue weighted by molar-refractivity contribution is 0.0606. The lowest BCUT2D eigenvalue weighted by Crippen LogP contribution is -2.29.